The van der Waals surface area contributed by atoms with E-state index in [0.29, 0.717) is 25.8 Å². The molecule has 1 aromatic heterocycles. The third-order valence-electron chi connectivity index (χ3n) is 7.16. The number of benzene rings is 2. The molecule has 36 heavy (non-hydrogen) atoms. The van der Waals surface area contributed by atoms with Gasteiger partial charge in [0, 0.05) is 29.3 Å². The van der Waals surface area contributed by atoms with E-state index >= 15 is 0 Å². The summed E-state index contributed by atoms with van der Waals surface area (Å²) < 4.78 is 5.34. The minimum absolute atomic E-state index is 0.0472. The third kappa shape index (κ3) is 5.83. The Morgan fingerprint density at radius 3 is 2.42 bits per heavy atom. The van der Waals surface area contributed by atoms with Crippen molar-refractivity contribution >= 4 is 28.5 Å². The van der Waals surface area contributed by atoms with E-state index in [4.69, 9.17) is 4.74 Å². The number of amides is 3. The topological polar surface area (TPSA) is 95.2 Å². The van der Waals surface area contributed by atoms with Crippen LogP contribution in [0.15, 0.2) is 48.7 Å². The van der Waals surface area contributed by atoms with Gasteiger partial charge < -0.3 is 25.7 Å². The number of carbonyl (C=O) groups is 2. The van der Waals surface area contributed by atoms with Crippen molar-refractivity contribution in [2.24, 2.45) is 0 Å². The molecule has 1 fully saturated rings. The maximum atomic E-state index is 13.4. The van der Waals surface area contributed by atoms with Gasteiger partial charge in [-0.05, 0) is 66.1 Å². The summed E-state index contributed by atoms with van der Waals surface area (Å²) in [7, 11) is 1.65. The molecular formula is C29H38N4O3. The molecule has 7 nitrogen and oxygen atoms in total. The van der Waals surface area contributed by atoms with Crippen LogP contribution in [-0.4, -0.2) is 36.1 Å². The number of H-pyrrole nitrogens is 1. The van der Waals surface area contributed by atoms with E-state index in [1.807, 2.05) is 48.7 Å². The number of methoxy groups -OCH3 is 1. The number of hydrogen-bond donors (Lipinski definition) is 4. The molecule has 4 rings (SSSR count). The monoisotopic (exact) mass is 490 g/mol. The number of fused-ring (bicyclic) bond motifs is 1. The van der Waals surface area contributed by atoms with Crippen LogP contribution in [0.1, 0.15) is 64.0 Å². The van der Waals surface area contributed by atoms with E-state index in [9.17, 15) is 9.59 Å². The Balaban J connectivity index is 1.37. The zero-order chi connectivity index (χ0) is 25.8. The van der Waals surface area contributed by atoms with E-state index in [1.165, 1.54) is 5.56 Å². The summed E-state index contributed by atoms with van der Waals surface area (Å²) in [4.78, 5) is 29.6. The number of carbonyl (C=O) groups excluding carboxylic acids is 2. The fourth-order valence-corrected chi connectivity index (χ4v) is 4.93. The van der Waals surface area contributed by atoms with E-state index in [1.54, 1.807) is 7.11 Å². The van der Waals surface area contributed by atoms with Gasteiger partial charge in [0.25, 0.3) is 0 Å². The first kappa shape index (κ1) is 25.6. The van der Waals surface area contributed by atoms with Crippen molar-refractivity contribution in [1.82, 2.24) is 15.6 Å². The summed E-state index contributed by atoms with van der Waals surface area (Å²) >= 11 is 0. The number of hydrogen-bond acceptors (Lipinski definition) is 3. The first-order valence-electron chi connectivity index (χ1n) is 12.8. The second kappa shape index (κ2) is 10.6. The van der Waals surface area contributed by atoms with Gasteiger partial charge in [0.05, 0.1) is 7.11 Å². The number of aromatic nitrogens is 1. The summed E-state index contributed by atoms with van der Waals surface area (Å²) in [5.41, 5.74) is 3.23. The minimum atomic E-state index is -0.904. The van der Waals surface area contributed by atoms with Crippen molar-refractivity contribution in [3.05, 3.63) is 59.8 Å². The highest BCUT2D eigenvalue weighted by atomic mass is 16.5. The molecule has 2 aromatic carbocycles. The lowest BCUT2D eigenvalue weighted by Gasteiger charge is -2.36. The van der Waals surface area contributed by atoms with E-state index < -0.39 is 5.54 Å². The Hall–Kier alpha value is -3.48. The van der Waals surface area contributed by atoms with Gasteiger partial charge in [-0.1, -0.05) is 52.2 Å². The smallest absolute Gasteiger partial charge is 0.315 e. The van der Waals surface area contributed by atoms with Crippen LogP contribution >= 0.6 is 0 Å². The Bertz CT molecular complexity index is 1200. The quantitative estimate of drug-likeness (QED) is 0.344. The number of rotatable bonds is 7. The van der Waals surface area contributed by atoms with Gasteiger partial charge >= 0.3 is 6.03 Å². The fourth-order valence-electron chi connectivity index (χ4n) is 4.93. The lowest BCUT2D eigenvalue weighted by molar-refractivity contribution is -0.123. The minimum Gasteiger partial charge on any atom is -0.497 e. The molecule has 3 amide bonds. The van der Waals surface area contributed by atoms with Gasteiger partial charge in [0.15, 0.2) is 0 Å². The van der Waals surface area contributed by atoms with Crippen molar-refractivity contribution in [2.45, 2.75) is 70.3 Å². The standard InChI is InChI=1S/C29H38N4O3/c1-28(2,3)21-8-10-22(11-9-21)32-26(34)29(15-6-5-7-16-29)33-27(35)30-17-14-20-19-31-25-13-12-23(36-4)18-24(20)25/h8-13,18-19,31H,5-7,14-17H2,1-4H3,(H,32,34)(H2,30,33,35). The summed E-state index contributed by atoms with van der Waals surface area (Å²) in [6, 6.07) is 13.6. The molecule has 0 atom stereocenters. The number of ether oxygens (including phenoxy) is 1. The summed E-state index contributed by atoms with van der Waals surface area (Å²) in [5.74, 6) is 0.650. The van der Waals surface area contributed by atoms with Crippen LogP contribution in [0, 0.1) is 0 Å². The SMILES string of the molecule is COc1ccc2[nH]cc(CCNC(=O)NC3(C(=O)Nc4ccc(C(C)(C)C)cc4)CCCCC3)c2c1. The molecule has 7 heteroatoms. The lowest BCUT2D eigenvalue weighted by atomic mass is 9.80. The molecular weight excluding hydrogens is 452 g/mol. The maximum absolute atomic E-state index is 13.4. The number of nitrogens with one attached hydrogen (secondary N) is 4. The molecule has 192 valence electrons. The fraction of sp³-hybridized carbons (Fsp3) is 0.448. The second-order valence-electron chi connectivity index (χ2n) is 10.8. The van der Waals surface area contributed by atoms with Gasteiger partial charge in [-0.25, -0.2) is 4.79 Å². The van der Waals surface area contributed by atoms with Crippen LogP contribution in [0.2, 0.25) is 0 Å². The van der Waals surface area contributed by atoms with Crippen LogP contribution in [0.25, 0.3) is 10.9 Å². The van der Waals surface area contributed by atoms with Crippen LogP contribution in [0.4, 0.5) is 10.5 Å². The molecule has 0 radical (unpaired) electrons. The lowest BCUT2D eigenvalue weighted by Crippen LogP contribution is -2.60. The first-order valence-corrected chi connectivity index (χ1v) is 12.8. The average molecular weight is 491 g/mol. The van der Waals surface area contributed by atoms with Crippen molar-refractivity contribution in [3.8, 4) is 5.75 Å². The predicted octanol–water partition coefficient (Wildman–Crippen LogP) is 5.66. The van der Waals surface area contributed by atoms with Gasteiger partial charge in [-0.2, -0.15) is 0 Å². The van der Waals surface area contributed by atoms with Crippen LogP contribution in [-0.2, 0) is 16.6 Å². The third-order valence-corrected chi connectivity index (χ3v) is 7.16. The normalized spacial score (nSPS) is 15.3. The molecule has 0 saturated heterocycles. The molecule has 0 aliphatic heterocycles. The Kier molecular flexibility index (Phi) is 7.57. The zero-order valence-electron chi connectivity index (χ0n) is 21.8. The Morgan fingerprint density at radius 1 is 1.03 bits per heavy atom. The molecule has 0 bridgehead atoms. The highest BCUT2D eigenvalue weighted by Crippen LogP contribution is 2.30. The summed E-state index contributed by atoms with van der Waals surface area (Å²) in [6.45, 7) is 6.95. The van der Waals surface area contributed by atoms with E-state index in [-0.39, 0.29) is 17.4 Å². The number of urea groups is 1. The Morgan fingerprint density at radius 2 is 1.75 bits per heavy atom. The summed E-state index contributed by atoms with van der Waals surface area (Å²) in [6.07, 6.45) is 6.79. The van der Waals surface area contributed by atoms with Gasteiger partial charge in [-0.15, -0.1) is 0 Å². The first-order chi connectivity index (χ1) is 17.2. The average Bonchev–Trinajstić information content (AvgIpc) is 3.26. The Labute approximate surface area is 213 Å². The molecule has 3 aromatic rings. The second-order valence-corrected chi connectivity index (χ2v) is 10.8. The molecule has 1 saturated carbocycles. The number of aromatic amines is 1. The van der Waals surface area contributed by atoms with Crippen molar-refractivity contribution in [2.75, 3.05) is 19.0 Å². The molecule has 0 spiro atoms. The number of anilines is 1. The van der Waals surface area contributed by atoms with Gasteiger partial charge in [-0.3, -0.25) is 4.79 Å². The molecule has 4 N–H and O–H groups in total. The highest BCUT2D eigenvalue weighted by Gasteiger charge is 2.41. The van der Waals surface area contributed by atoms with E-state index in [2.05, 4.69) is 41.7 Å². The van der Waals surface area contributed by atoms with Gasteiger partial charge in [0.1, 0.15) is 11.3 Å². The summed E-state index contributed by atoms with van der Waals surface area (Å²) in [5, 5.41) is 10.1. The van der Waals surface area contributed by atoms with Crippen LogP contribution < -0.4 is 20.7 Å². The van der Waals surface area contributed by atoms with Crippen molar-refractivity contribution in [1.29, 1.82) is 0 Å². The zero-order valence-corrected chi connectivity index (χ0v) is 21.8. The largest absolute Gasteiger partial charge is 0.497 e. The maximum Gasteiger partial charge on any atom is 0.315 e. The molecule has 1 aliphatic carbocycles. The van der Waals surface area contributed by atoms with Crippen LogP contribution in [0.5, 0.6) is 5.75 Å². The van der Waals surface area contributed by atoms with Crippen molar-refractivity contribution < 1.29 is 14.3 Å². The molecule has 0 unspecified atom stereocenters. The predicted molar refractivity (Wildman–Crippen MR) is 145 cm³/mol. The van der Waals surface area contributed by atoms with Gasteiger partial charge in [0.2, 0.25) is 5.91 Å². The molecule has 1 aliphatic rings. The van der Waals surface area contributed by atoms with Crippen LogP contribution in [0.3, 0.4) is 0 Å². The molecule has 1 heterocycles. The van der Waals surface area contributed by atoms with E-state index in [0.717, 1.165) is 47.2 Å². The van der Waals surface area contributed by atoms with Crippen molar-refractivity contribution in [3.63, 3.8) is 0 Å². The highest BCUT2D eigenvalue weighted by molar-refractivity contribution is 6.00.